The predicted molar refractivity (Wildman–Crippen MR) is 102 cm³/mol. The first-order valence-corrected chi connectivity index (χ1v) is 8.59. The van der Waals surface area contributed by atoms with Crippen LogP contribution in [0.1, 0.15) is 23.7 Å². The van der Waals surface area contributed by atoms with E-state index in [4.69, 9.17) is 0 Å². The quantitative estimate of drug-likeness (QED) is 0.742. The Morgan fingerprint density at radius 1 is 1.12 bits per heavy atom. The molecule has 0 atom stereocenters. The van der Waals surface area contributed by atoms with Crippen molar-refractivity contribution < 1.29 is 9.90 Å². The Morgan fingerprint density at radius 3 is 2.50 bits per heavy atom. The highest BCUT2D eigenvalue weighted by atomic mass is 16.3. The molecule has 0 saturated carbocycles. The van der Waals surface area contributed by atoms with E-state index >= 15 is 0 Å². The van der Waals surface area contributed by atoms with E-state index in [-0.39, 0.29) is 17.1 Å². The van der Waals surface area contributed by atoms with Gasteiger partial charge in [0.05, 0.1) is 6.54 Å². The summed E-state index contributed by atoms with van der Waals surface area (Å²) in [6.45, 7) is 4.22. The van der Waals surface area contributed by atoms with Gasteiger partial charge < -0.3 is 15.0 Å². The van der Waals surface area contributed by atoms with Crippen molar-refractivity contribution in [1.29, 1.82) is 0 Å². The number of phenols is 1. The smallest absolute Gasteiger partial charge is 0.219 e. The molecule has 3 aromatic rings. The lowest BCUT2D eigenvalue weighted by atomic mass is 10.1. The Kier molecular flexibility index (Phi) is 5.07. The molecule has 134 valence electrons. The average molecular weight is 350 g/mol. The minimum Gasteiger partial charge on any atom is -0.508 e. The van der Waals surface area contributed by atoms with Crippen LogP contribution in [0, 0.1) is 6.92 Å². The third-order valence-corrected chi connectivity index (χ3v) is 4.65. The predicted octanol–water partition coefficient (Wildman–Crippen LogP) is 3.13. The van der Waals surface area contributed by atoms with Crippen LogP contribution in [-0.2, 0) is 17.8 Å². The SMILES string of the molecule is CC(=O)N(CCc1ccc(O)cc1)Cc1[nH]c2ccccc2c(=O)c1C. The molecule has 1 amide bonds. The molecule has 26 heavy (non-hydrogen) atoms. The van der Waals surface area contributed by atoms with E-state index in [1.165, 1.54) is 6.92 Å². The van der Waals surface area contributed by atoms with Crippen LogP contribution in [0.5, 0.6) is 5.75 Å². The normalized spacial score (nSPS) is 10.8. The van der Waals surface area contributed by atoms with Crippen molar-refractivity contribution in [2.24, 2.45) is 0 Å². The van der Waals surface area contributed by atoms with Crippen LogP contribution < -0.4 is 5.43 Å². The lowest BCUT2D eigenvalue weighted by molar-refractivity contribution is -0.129. The number of para-hydroxylation sites is 1. The van der Waals surface area contributed by atoms with Gasteiger partial charge in [0.1, 0.15) is 5.75 Å². The number of hydrogen-bond donors (Lipinski definition) is 2. The maximum Gasteiger partial charge on any atom is 0.219 e. The average Bonchev–Trinajstić information content (AvgIpc) is 2.63. The first-order chi connectivity index (χ1) is 12.5. The van der Waals surface area contributed by atoms with E-state index in [0.29, 0.717) is 30.5 Å². The number of benzene rings is 2. The largest absolute Gasteiger partial charge is 0.508 e. The standard InChI is InChI=1S/C21H22N2O3/c1-14-20(22-19-6-4-3-5-18(19)21(14)26)13-23(15(2)24)12-11-16-7-9-17(25)10-8-16/h3-10,25H,11-13H2,1-2H3,(H,22,26). The lowest BCUT2D eigenvalue weighted by Crippen LogP contribution is -2.31. The number of nitrogens with one attached hydrogen (secondary N) is 1. The second-order valence-corrected chi connectivity index (χ2v) is 6.46. The summed E-state index contributed by atoms with van der Waals surface area (Å²) < 4.78 is 0. The van der Waals surface area contributed by atoms with E-state index in [0.717, 1.165) is 16.8 Å². The number of carbonyl (C=O) groups excluding carboxylic acids is 1. The molecule has 0 saturated heterocycles. The van der Waals surface area contributed by atoms with Gasteiger partial charge in [0, 0.05) is 35.6 Å². The number of nitrogens with zero attached hydrogens (tertiary/aromatic N) is 1. The van der Waals surface area contributed by atoms with Gasteiger partial charge in [-0.2, -0.15) is 0 Å². The Balaban J connectivity index is 1.83. The summed E-state index contributed by atoms with van der Waals surface area (Å²) in [6, 6.07) is 14.4. The van der Waals surface area contributed by atoms with Crippen LogP contribution in [0.15, 0.2) is 53.3 Å². The number of phenolic OH excluding ortho intramolecular Hbond substituents is 1. The van der Waals surface area contributed by atoms with Crippen molar-refractivity contribution >= 4 is 16.8 Å². The lowest BCUT2D eigenvalue weighted by Gasteiger charge is -2.22. The molecule has 0 aliphatic carbocycles. The second kappa shape index (κ2) is 7.44. The minimum absolute atomic E-state index is 0.00335. The van der Waals surface area contributed by atoms with E-state index in [2.05, 4.69) is 4.98 Å². The highest BCUT2D eigenvalue weighted by molar-refractivity contribution is 5.79. The first-order valence-electron chi connectivity index (χ1n) is 8.59. The van der Waals surface area contributed by atoms with Crippen molar-refractivity contribution in [1.82, 2.24) is 9.88 Å². The van der Waals surface area contributed by atoms with Gasteiger partial charge in [0.25, 0.3) is 0 Å². The molecule has 5 nitrogen and oxygen atoms in total. The highest BCUT2D eigenvalue weighted by Gasteiger charge is 2.14. The number of pyridine rings is 1. The summed E-state index contributed by atoms with van der Waals surface area (Å²) in [7, 11) is 0. The monoisotopic (exact) mass is 350 g/mol. The third-order valence-electron chi connectivity index (χ3n) is 4.65. The maximum atomic E-state index is 12.6. The summed E-state index contributed by atoms with van der Waals surface area (Å²) >= 11 is 0. The number of aromatic nitrogens is 1. The van der Waals surface area contributed by atoms with Crippen molar-refractivity contribution in [3.8, 4) is 5.75 Å². The summed E-state index contributed by atoms with van der Waals surface area (Å²) in [5, 5.41) is 10.0. The molecule has 0 bridgehead atoms. The van der Waals surface area contributed by atoms with Crippen molar-refractivity contribution in [2.45, 2.75) is 26.8 Å². The van der Waals surface area contributed by atoms with Crippen LogP contribution in [-0.4, -0.2) is 27.4 Å². The number of carbonyl (C=O) groups is 1. The van der Waals surface area contributed by atoms with Crippen molar-refractivity contribution in [3.05, 3.63) is 75.6 Å². The number of aromatic amines is 1. The van der Waals surface area contributed by atoms with Gasteiger partial charge in [-0.1, -0.05) is 24.3 Å². The molecular formula is C21H22N2O3. The zero-order valence-corrected chi connectivity index (χ0v) is 15.0. The van der Waals surface area contributed by atoms with Gasteiger partial charge in [0.15, 0.2) is 5.43 Å². The Bertz CT molecular complexity index is 990. The van der Waals surface area contributed by atoms with Crippen LogP contribution in [0.25, 0.3) is 10.9 Å². The number of aromatic hydroxyl groups is 1. The minimum atomic E-state index is -0.0443. The van der Waals surface area contributed by atoms with Gasteiger partial charge >= 0.3 is 0 Å². The fraction of sp³-hybridized carbons (Fsp3) is 0.238. The molecule has 5 heteroatoms. The van der Waals surface area contributed by atoms with Gasteiger partial charge in [-0.05, 0) is 43.2 Å². The molecule has 1 aromatic heterocycles. The second-order valence-electron chi connectivity index (χ2n) is 6.46. The zero-order chi connectivity index (χ0) is 18.7. The summed E-state index contributed by atoms with van der Waals surface area (Å²) in [5.74, 6) is 0.179. The fourth-order valence-corrected chi connectivity index (χ4v) is 3.01. The molecular weight excluding hydrogens is 328 g/mol. The maximum absolute atomic E-state index is 12.6. The van der Waals surface area contributed by atoms with E-state index in [1.54, 1.807) is 30.0 Å². The van der Waals surface area contributed by atoms with Crippen molar-refractivity contribution in [2.75, 3.05) is 6.54 Å². The van der Waals surface area contributed by atoms with Gasteiger partial charge in [-0.3, -0.25) is 9.59 Å². The summed E-state index contributed by atoms with van der Waals surface area (Å²) in [4.78, 5) is 29.7. The molecule has 0 unspecified atom stereocenters. The molecule has 2 N–H and O–H groups in total. The van der Waals surface area contributed by atoms with E-state index < -0.39 is 0 Å². The van der Waals surface area contributed by atoms with E-state index in [9.17, 15) is 14.7 Å². The molecule has 3 rings (SSSR count). The number of rotatable bonds is 5. The molecule has 0 aliphatic heterocycles. The Labute approximate surface area is 151 Å². The first kappa shape index (κ1) is 17.7. The third kappa shape index (κ3) is 3.77. The Hall–Kier alpha value is -3.08. The summed E-state index contributed by atoms with van der Waals surface area (Å²) in [6.07, 6.45) is 0.677. The van der Waals surface area contributed by atoms with Crippen molar-refractivity contribution in [3.63, 3.8) is 0 Å². The number of fused-ring (bicyclic) bond motifs is 1. The number of amides is 1. The molecule has 0 aliphatic rings. The van der Waals surface area contributed by atoms with E-state index in [1.807, 2.05) is 30.3 Å². The molecule has 0 spiro atoms. The molecule has 1 heterocycles. The zero-order valence-electron chi connectivity index (χ0n) is 15.0. The molecule has 2 aromatic carbocycles. The van der Waals surface area contributed by atoms with Gasteiger partial charge in [-0.25, -0.2) is 0 Å². The number of hydrogen-bond acceptors (Lipinski definition) is 3. The molecule has 0 radical (unpaired) electrons. The van der Waals surface area contributed by atoms with Crippen LogP contribution in [0.2, 0.25) is 0 Å². The van der Waals surface area contributed by atoms with Gasteiger partial charge in [0.2, 0.25) is 5.91 Å². The summed E-state index contributed by atoms with van der Waals surface area (Å²) in [5.41, 5.74) is 3.21. The highest BCUT2D eigenvalue weighted by Crippen LogP contribution is 2.14. The van der Waals surface area contributed by atoms with Crippen LogP contribution in [0.4, 0.5) is 0 Å². The fourth-order valence-electron chi connectivity index (χ4n) is 3.01. The Morgan fingerprint density at radius 2 is 1.81 bits per heavy atom. The topological polar surface area (TPSA) is 73.4 Å². The van der Waals surface area contributed by atoms with Crippen LogP contribution in [0.3, 0.4) is 0 Å². The molecule has 0 fully saturated rings. The van der Waals surface area contributed by atoms with Crippen LogP contribution >= 0.6 is 0 Å². The number of H-pyrrole nitrogens is 1. The van der Waals surface area contributed by atoms with Gasteiger partial charge in [-0.15, -0.1) is 0 Å².